The molecule has 0 bridgehead atoms. The van der Waals surface area contributed by atoms with Crippen molar-refractivity contribution in [1.29, 1.82) is 0 Å². The highest BCUT2D eigenvalue weighted by atomic mass is 35.5. The minimum atomic E-state index is -0.176. The number of thiophene rings is 1. The van der Waals surface area contributed by atoms with E-state index in [-0.39, 0.29) is 24.2 Å². The van der Waals surface area contributed by atoms with E-state index in [9.17, 15) is 9.59 Å². The molecular weight excluding hydrogens is 396 g/mol. The summed E-state index contributed by atoms with van der Waals surface area (Å²) in [5.74, 6) is -0.180. The van der Waals surface area contributed by atoms with Crippen LogP contribution in [0.5, 0.6) is 0 Å². The molecule has 3 heterocycles. The lowest BCUT2D eigenvalue weighted by Gasteiger charge is -2.32. The summed E-state index contributed by atoms with van der Waals surface area (Å²) in [5, 5.41) is 8.14. The molecule has 2 fully saturated rings. The Bertz CT molecular complexity index is 808. The van der Waals surface area contributed by atoms with Gasteiger partial charge in [-0.25, -0.2) is 0 Å². The second-order valence-corrected chi connectivity index (χ2v) is 7.90. The number of carbonyl (C=O) groups excluding carboxylic acids is 2. The fourth-order valence-corrected chi connectivity index (χ4v) is 4.43. The molecule has 28 heavy (non-hydrogen) atoms. The molecule has 6 nitrogen and oxygen atoms in total. The van der Waals surface area contributed by atoms with E-state index < -0.39 is 0 Å². The molecule has 4 rings (SSSR count). The Balaban J connectivity index is 0.00000225. The Labute approximate surface area is 175 Å². The van der Waals surface area contributed by atoms with E-state index in [4.69, 9.17) is 0 Å². The van der Waals surface area contributed by atoms with Gasteiger partial charge in [0, 0.05) is 45.3 Å². The fraction of sp³-hybridized carbons (Fsp3) is 0.400. The molecule has 0 radical (unpaired) electrons. The minimum absolute atomic E-state index is 0. The van der Waals surface area contributed by atoms with Crippen molar-refractivity contribution in [3.8, 4) is 0 Å². The molecule has 2 aromatic rings. The molecule has 1 atom stereocenters. The van der Waals surface area contributed by atoms with Gasteiger partial charge in [-0.3, -0.25) is 14.5 Å². The van der Waals surface area contributed by atoms with E-state index in [2.05, 4.69) is 15.5 Å². The molecule has 1 aromatic carbocycles. The van der Waals surface area contributed by atoms with Gasteiger partial charge in [0.25, 0.3) is 11.8 Å². The van der Waals surface area contributed by atoms with Gasteiger partial charge in [-0.2, -0.15) is 0 Å². The lowest BCUT2D eigenvalue weighted by molar-refractivity contribution is 0.0774. The van der Waals surface area contributed by atoms with Gasteiger partial charge in [0.15, 0.2) is 0 Å². The third-order valence-electron chi connectivity index (χ3n) is 5.27. The third-order valence-corrected chi connectivity index (χ3v) is 6.14. The van der Waals surface area contributed by atoms with Crippen molar-refractivity contribution in [2.24, 2.45) is 0 Å². The standard InChI is InChI=1S/C20H24N4O2S.ClH/c25-19(18-6-3-13-27-18)22-17-5-2-1-4-16(17)20(26)24-10-7-15(14-24)23-11-8-21-9-12-23;/h1-6,13,15,21H,7-12,14H2,(H,22,25);1H. The van der Waals surface area contributed by atoms with Crippen molar-refractivity contribution in [1.82, 2.24) is 15.1 Å². The predicted molar refractivity (Wildman–Crippen MR) is 115 cm³/mol. The van der Waals surface area contributed by atoms with E-state index in [1.165, 1.54) is 11.3 Å². The molecular formula is C20H25ClN4O2S. The molecule has 0 saturated carbocycles. The summed E-state index contributed by atoms with van der Waals surface area (Å²) < 4.78 is 0. The van der Waals surface area contributed by atoms with Crippen LogP contribution in [-0.2, 0) is 0 Å². The first kappa shape index (κ1) is 20.8. The van der Waals surface area contributed by atoms with Gasteiger partial charge >= 0.3 is 0 Å². The topological polar surface area (TPSA) is 64.7 Å². The average molecular weight is 421 g/mol. The second kappa shape index (κ2) is 9.52. The summed E-state index contributed by atoms with van der Waals surface area (Å²) in [7, 11) is 0. The number of anilines is 1. The second-order valence-electron chi connectivity index (χ2n) is 6.96. The summed E-state index contributed by atoms with van der Waals surface area (Å²) >= 11 is 1.39. The molecule has 1 aromatic heterocycles. The number of hydrogen-bond acceptors (Lipinski definition) is 5. The lowest BCUT2D eigenvalue weighted by atomic mass is 10.1. The van der Waals surface area contributed by atoms with Crippen molar-refractivity contribution in [3.05, 3.63) is 52.2 Å². The van der Waals surface area contributed by atoms with Crippen molar-refractivity contribution < 1.29 is 9.59 Å². The van der Waals surface area contributed by atoms with Crippen LogP contribution in [0.3, 0.4) is 0 Å². The lowest BCUT2D eigenvalue weighted by Crippen LogP contribution is -2.49. The van der Waals surface area contributed by atoms with Gasteiger partial charge in [-0.15, -0.1) is 23.7 Å². The number of amides is 2. The number of nitrogens with one attached hydrogen (secondary N) is 2. The van der Waals surface area contributed by atoms with Gasteiger partial charge in [0.1, 0.15) is 0 Å². The molecule has 2 saturated heterocycles. The van der Waals surface area contributed by atoms with Crippen LogP contribution in [0.15, 0.2) is 41.8 Å². The Morgan fingerprint density at radius 1 is 1.07 bits per heavy atom. The maximum atomic E-state index is 13.1. The largest absolute Gasteiger partial charge is 0.337 e. The van der Waals surface area contributed by atoms with Crippen LogP contribution in [0.2, 0.25) is 0 Å². The number of likely N-dealkylation sites (tertiary alicyclic amines) is 1. The van der Waals surface area contributed by atoms with Crippen LogP contribution in [0.1, 0.15) is 26.5 Å². The van der Waals surface area contributed by atoms with Gasteiger partial charge in [-0.1, -0.05) is 18.2 Å². The summed E-state index contributed by atoms with van der Waals surface area (Å²) in [6, 6.07) is 11.3. The van der Waals surface area contributed by atoms with Crippen molar-refractivity contribution in [3.63, 3.8) is 0 Å². The van der Waals surface area contributed by atoms with Crippen molar-refractivity contribution >= 4 is 41.2 Å². The summed E-state index contributed by atoms with van der Waals surface area (Å²) in [6.45, 7) is 5.64. The normalized spacial score (nSPS) is 19.9. The van der Waals surface area contributed by atoms with Crippen LogP contribution < -0.4 is 10.6 Å². The smallest absolute Gasteiger partial charge is 0.265 e. The van der Waals surface area contributed by atoms with E-state index in [0.29, 0.717) is 22.2 Å². The first-order chi connectivity index (χ1) is 13.2. The van der Waals surface area contributed by atoms with Gasteiger partial charge in [-0.05, 0) is 30.0 Å². The zero-order valence-corrected chi connectivity index (χ0v) is 17.2. The average Bonchev–Trinajstić information content (AvgIpc) is 3.41. The Morgan fingerprint density at radius 2 is 1.86 bits per heavy atom. The summed E-state index contributed by atoms with van der Waals surface area (Å²) in [6.07, 6.45) is 1.01. The molecule has 2 aliphatic rings. The van der Waals surface area contributed by atoms with Crippen molar-refractivity contribution in [2.75, 3.05) is 44.6 Å². The fourth-order valence-electron chi connectivity index (χ4n) is 3.81. The maximum Gasteiger partial charge on any atom is 0.265 e. The summed E-state index contributed by atoms with van der Waals surface area (Å²) in [4.78, 5) is 30.5. The highest BCUT2D eigenvalue weighted by molar-refractivity contribution is 7.12. The first-order valence-corrected chi connectivity index (χ1v) is 10.3. The Kier molecular flexibility index (Phi) is 7.07. The highest BCUT2D eigenvalue weighted by Crippen LogP contribution is 2.23. The Hall–Kier alpha value is -1.93. The molecule has 8 heteroatoms. The molecule has 2 aliphatic heterocycles. The number of nitrogens with zero attached hydrogens (tertiary/aromatic N) is 2. The molecule has 2 amide bonds. The van der Waals surface area contributed by atoms with E-state index >= 15 is 0 Å². The third kappa shape index (κ3) is 4.55. The quantitative estimate of drug-likeness (QED) is 0.797. The molecule has 150 valence electrons. The van der Waals surface area contributed by atoms with E-state index in [0.717, 1.165) is 45.7 Å². The number of hydrogen-bond donors (Lipinski definition) is 2. The van der Waals surface area contributed by atoms with Gasteiger partial charge < -0.3 is 15.5 Å². The van der Waals surface area contributed by atoms with E-state index in [1.54, 1.807) is 18.2 Å². The highest BCUT2D eigenvalue weighted by Gasteiger charge is 2.32. The number of carbonyl (C=O) groups is 2. The molecule has 1 unspecified atom stereocenters. The van der Waals surface area contributed by atoms with Crippen LogP contribution in [-0.4, -0.2) is 66.9 Å². The van der Waals surface area contributed by atoms with Crippen LogP contribution in [0, 0.1) is 0 Å². The van der Waals surface area contributed by atoms with Gasteiger partial charge in [0.2, 0.25) is 0 Å². The van der Waals surface area contributed by atoms with E-state index in [1.807, 2.05) is 28.5 Å². The first-order valence-electron chi connectivity index (χ1n) is 9.40. The van der Waals surface area contributed by atoms with Crippen molar-refractivity contribution in [2.45, 2.75) is 12.5 Å². The number of piperazine rings is 1. The number of rotatable bonds is 4. The zero-order chi connectivity index (χ0) is 18.6. The number of para-hydroxylation sites is 1. The molecule has 0 aliphatic carbocycles. The van der Waals surface area contributed by atoms with Gasteiger partial charge in [0.05, 0.1) is 16.1 Å². The van der Waals surface area contributed by atoms with Crippen LogP contribution >= 0.6 is 23.7 Å². The predicted octanol–water partition coefficient (Wildman–Crippen LogP) is 2.54. The minimum Gasteiger partial charge on any atom is -0.337 e. The maximum absolute atomic E-state index is 13.1. The Morgan fingerprint density at radius 3 is 2.61 bits per heavy atom. The SMILES string of the molecule is Cl.O=C(Nc1ccccc1C(=O)N1CCC(N2CCNCC2)C1)c1cccs1. The molecule has 0 spiro atoms. The molecule has 2 N–H and O–H groups in total. The van der Waals surface area contributed by atoms with Crippen LogP contribution in [0.25, 0.3) is 0 Å². The monoisotopic (exact) mass is 420 g/mol. The summed E-state index contributed by atoms with van der Waals surface area (Å²) in [5.41, 5.74) is 1.13. The number of halogens is 1. The van der Waals surface area contributed by atoms with Crippen LogP contribution in [0.4, 0.5) is 5.69 Å². The zero-order valence-electron chi connectivity index (χ0n) is 15.6. The number of benzene rings is 1.